The van der Waals surface area contributed by atoms with Crippen LogP contribution >= 0.6 is 0 Å². The summed E-state index contributed by atoms with van der Waals surface area (Å²) in [6.07, 6.45) is 2.33. The second kappa shape index (κ2) is 5.46. The van der Waals surface area contributed by atoms with Crippen molar-refractivity contribution in [1.29, 1.82) is 0 Å². The Labute approximate surface area is 98.0 Å². The monoisotopic (exact) mass is 219 g/mol. The summed E-state index contributed by atoms with van der Waals surface area (Å²) in [5.74, 6) is 0.709. The molecule has 2 nitrogen and oxygen atoms in total. The predicted molar refractivity (Wildman–Crippen MR) is 66.5 cm³/mol. The van der Waals surface area contributed by atoms with Gasteiger partial charge < -0.3 is 10.1 Å². The Morgan fingerprint density at radius 2 is 2.06 bits per heavy atom. The third-order valence-corrected chi connectivity index (χ3v) is 3.45. The van der Waals surface area contributed by atoms with Crippen LogP contribution in [0, 0.1) is 12.8 Å². The Morgan fingerprint density at radius 3 is 2.69 bits per heavy atom. The molecule has 0 amide bonds. The first-order valence-electron chi connectivity index (χ1n) is 6.13. The third-order valence-electron chi connectivity index (χ3n) is 3.45. The van der Waals surface area contributed by atoms with Gasteiger partial charge in [-0.3, -0.25) is 0 Å². The van der Waals surface area contributed by atoms with E-state index in [2.05, 4.69) is 43.6 Å². The van der Waals surface area contributed by atoms with Gasteiger partial charge in [0.25, 0.3) is 0 Å². The number of hydrogen-bond donors (Lipinski definition) is 1. The van der Waals surface area contributed by atoms with Crippen LogP contribution in [0.25, 0.3) is 0 Å². The molecule has 1 aliphatic heterocycles. The Bertz CT molecular complexity index is 331. The minimum Gasteiger partial charge on any atom is -0.381 e. The Kier molecular flexibility index (Phi) is 3.97. The highest BCUT2D eigenvalue weighted by atomic mass is 16.5. The summed E-state index contributed by atoms with van der Waals surface area (Å²) < 4.78 is 5.43. The van der Waals surface area contributed by atoms with Gasteiger partial charge in [-0.25, -0.2) is 0 Å². The molecule has 2 rings (SSSR count). The molecule has 1 atom stereocenters. The number of ether oxygens (including phenoxy) is 1. The van der Waals surface area contributed by atoms with Crippen LogP contribution in [0.4, 0.5) is 0 Å². The van der Waals surface area contributed by atoms with E-state index in [1.54, 1.807) is 0 Å². The van der Waals surface area contributed by atoms with Crippen LogP contribution in [0.5, 0.6) is 0 Å². The molecule has 1 aromatic rings. The molecule has 0 aliphatic carbocycles. The highest BCUT2D eigenvalue weighted by Crippen LogP contribution is 2.29. The summed E-state index contributed by atoms with van der Waals surface area (Å²) >= 11 is 0. The fraction of sp³-hybridized carbons (Fsp3) is 0.571. The van der Waals surface area contributed by atoms with Crippen molar-refractivity contribution in [2.45, 2.75) is 25.8 Å². The standard InChI is InChI=1S/C14H21NO/c1-11-4-3-5-13(10-11)14(15-2)12-6-8-16-9-7-12/h3-5,10,12,14-15H,6-9H2,1-2H3. The zero-order chi connectivity index (χ0) is 11.4. The lowest BCUT2D eigenvalue weighted by Crippen LogP contribution is -2.30. The first-order valence-corrected chi connectivity index (χ1v) is 6.13. The van der Waals surface area contributed by atoms with E-state index in [1.165, 1.54) is 24.0 Å². The molecule has 1 aliphatic rings. The summed E-state index contributed by atoms with van der Waals surface area (Å²) in [5, 5.41) is 3.46. The van der Waals surface area contributed by atoms with Crippen molar-refractivity contribution in [2.75, 3.05) is 20.3 Å². The lowest BCUT2D eigenvalue weighted by Gasteiger charge is -2.30. The second-order valence-electron chi connectivity index (χ2n) is 4.63. The Morgan fingerprint density at radius 1 is 1.31 bits per heavy atom. The van der Waals surface area contributed by atoms with Crippen molar-refractivity contribution in [2.24, 2.45) is 5.92 Å². The van der Waals surface area contributed by atoms with Gasteiger partial charge >= 0.3 is 0 Å². The molecule has 0 saturated carbocycles. The third kappa shape index (κ3) is 2.63. The van der Waals surface area contributed by atoms with E-state index >= 15 is 0 Å². The molecule has 88 valence electrons. The molecule has 1 unspecified atom stereocenters. The summed E-state index contributed by atoms with van der Waals surface area (Å²) in [7, 11) is 2.06. The Balaban J connectivity index is 2.14. The summed E-state index contributed by atoms with van der Waals surface area (Å²) in [5.41, 5.74) is 2.75. The van der Waals surface area contributed by atoms with Crippen molar-refractivity contribution in [1.82, 2.24) is 5.32 Å². The highest BCUT2D eigenvalue weighted by Gasteiger charge is 2.23. The Hall–Kier alpha value is -0.860. The molecule has 1 heterocycles. The average Bonchev–Trinajstić information content (AvgIpc) is 2.31. The minimum absolute atomic E-state index is 0.476. The number of hydrogen-bond acceptors (Lipinski definition) is 2. The van der Waals surface area contributed by atoms with Gasteiger partial charge in [0.2, 0.25) is 0 Å². The molecule has 0 aromatic heterocycles. The molecule has 1 aromatic carbocycles. The number of aryl methyl sites for hydroxylation is 1. The fourth-order valence-corrected chi connectivity index (χ4v) is 2.59. The van der Waals surface area contributed by atoms with Gasteiger partial charge in [0.1, 0.15) is 0 Å². The number of benzene rings is 1. The number of rotatable bonds is 3. The first kappa shape index (κ1) is 11.6. The molecule has 0 radical (unpaired) electrons. The average molecular weight is 219 g/mol. The van der Waals surface area contributed by atoms with Gasteiger partial charge in [0, 0.05) is 19.3 Å². The summed E-state index contributed by atoms with van der Waals surface area (Å²) in [6, 6.07) is 9.29. The quantitative estimate of drug-likeness (QED) is 0.844. The molecular weight excluding hydrogens is 198 g/mol. The smallest absolute Gasteiger partial charge is 0.0469 e. The van der Waals surface area contributed by atoms with Crippen molar-refractivity contribution in [3.63, 3.8) is 0 Å². The van der Waals surface area contributed by atoms with Gasteiger partial charge in [0.15, 0.2) is 0 Å². The van der Waals surface area contributed by atoms with E-state index < -0.39 is 0 Å². The molecule has 16 heavy (non-hydrogen) atoms. The van der Waals surface area contributed by atoms with E-state index in [-0.39, 0.29) is 0 Å². The van der Waals surface area contributed by atoms with E-state index in [9.17, 15) is 0 Å². The van der Waals surface area contributed by atoms with Crippen LogP contribution in [0.2, 0.25) is 0 Å². The lowest BCUT2D eigenvalue weighted by molar-refractivity contribution is 0.0546. The van der Waals surface area contributed by atoms with Gasteiger partial charge in [-0.15, -0.1) is 0 Å². The van der Waals surface area contributed by atoms with Gasteiger partial charge in [-0.1, -0.05) is 29.8 Å². The zero-order valence-electron chi connectivity index (χ0n) is 10.2. The van der Waals surface area contributed by atoms with Crippen molar-refractivity contribution in [3.8, 4) is 0 Å². The van der Waals surface area contributed by atoms with Crippen LogP contribution in [-0.4, -0.2) is 20.3 Å². The maximum Gasteiger partial charge on any atom is 0.0469 e. The molecule has 2 heteroatoms. The largest absolute Gasteiger partial charge is 0.381 e. The van der Waals surface area contributed by atoms with Crippen molar-refractivity contribution < 1.29 is 4.74 Å². The van der Waals surface area contributed by atoms with Gasteiger partial charge in [-0.05, 0) is 38.3 Å². The number of nitrogens with one attached hydrogen (secondary N) is 1. The molecule has 1 N–H and O–H groups in total. The SMILES string of the molecule is CNC(c1cccc(C)c1)C1CCOCC1. The van der Waals surface area contributed by atoms with Crippen molar-refractivity contribution >= 4 is 0 Å². The van der Waals surface area contributed by atoms with Crippen molar-refractivity contribution in [3.05, 3.63) is 35.4 Å². The fourth-order valence-electron chi connectivity index (χ4n) is 2.59. The van der Waals surface area contributed by atoms with E-state index in [0.29, 0.717) is 12.0 Å². The molecule has 1 fully saturated rings. The minimum atomic E-state index is 0.476. The van der Waals surface area contributed by atoms with E-state index in [4.69, 9.17) is 4.74 Å². The highest BCUT2D eigenvalue weighted by molar-refractivity contribution is 5.25. The van der Waals surface area contributed by atoms with Gasteiger partial charge in [-0.2, -0.15) is 0 Å². The van der Waals surface area contributed by atoms with Crippen LogP contribution < -0.4 is 5.32 Å². The van der Waals surface area contributed by atoms with Crippen LogP contribution in [0.15, 0.2) is 24.3 Å². The lowest BCUT2D eigenvalue weighted by atomic mass is 9.87. The maximum absolute atomic E-state index is 5.43. The summed E-state index contributed by atoms with van der Waals surface area (Å²) in [4.78, 5) is 0. The second-order valence-corrected chi connectivity index (χ2v) is 4.63. The zero-order valence-corrected chi connectivity index (χ0v) is 10.2. The molecule has 0 bridgehead atoms. The van der Waals surface area contributed by atoms with Gasteiger partial charge in [0.05, 0.1) is 0 Å². The normalized spacial score (nSPS) is 19.6. The van der Waals surface area contributed by atoms with Crippen LogP contribution in [0.1, 0.15) is 30.0 Å². The molecule has 1 saturated heterocycles. The maximum atomic E-state index is 5.43. The predicted octanol–water partition coefficient (Wildman–Crippen LogP) is 2.68. The topological polar surface area (TPSA) is 21.3 Å². The van der Waals surface area contributed by atoms with Crippen LogP contribution in [-0.2, 0) is 4.74 Å². The first-order chi connectivity index (χ1) is 7.81. The van der Waals surface area contributed by atoms with E-state index in [0.717, 1.165) is 13.2 Å². The molecule has 0 spiro atoms. The molecular formula is C14H21NO. The van der Waals surface area contributed by atoms with Crippen LogP contribution in [0.3, 0.4) is 0 Å². The summed E-state index contributed by atoms with van der Waals surface area (Å²) in [6.45, 7) is 3.98. The van der Waals surface area contributed by atoms with E-state index in [1.807, 2.05) is 0 Å².